The van der Waals surface area contributed by atoms with E-state index in [4.69, 9.17) is 11.5 Å². The van der Waals surface area contributed by atoms with Crippen LogP contribution in [0.5, 0.6) is 0 Å². The van der Waals surface area contributed by atoms with E-state index in [1.807, 2.05) is 13.8 Å². The molecule has 0 radical (unpaired) electrons. The van der Waals surface area contributed by atoms with E-state index in [0.29, 0.717) is 0 Å². The Balaban J connectivity index is 3.18. The summed E-state index contributed by atoms with van der Waals surface area (Å²) < 4.78 is 28.7. The molecule has 1 rings (SSSR count). The van der Waals surface area contributed by atoms with Crippen LogP contribution in [0, 0.1) is 5.92 Å². The van der Waals surface area contributed by atoms with Crippen LogP contribution in [0.25, 0.3) is 0 Å². The molecule has 0 aliphatic carbocycles. The number of aryl methyl sites for hydroxylation is 1. The van der Waals surface area contributed by atoms with E-state index < -0.39 is 21.5 Å². The summed E-state index contributed by atoms with van der Waals surface area (Å²) >= 11 is 0. The summed E-state index contributed by atoms with van der Waals surface area (Å²) in [5.74, 6) is -0.666. The minimum atomic E-state index is -3.77. The van der Waals surface area contributed by atoms with Crippen LogP contribution in [0.15, 0.2) is 17.2 Å². The smallest absolute Gasteiger partial charge is 0.265 e. The van der Waals surface area contributed by atoms with Crippen molar-refractivity contribution >= 4 is 15.9 Å². The zero-order chi connectivity index (χ0) is 15.7. The second kappa shape index (κ2) is 5.55. The summed E-state index contributed by atoms with van der Waals surface area (Å²) in [5.41, 5.74) is 10.2. The van der Waals surface area contributed by atoms with Crippen molar-refractivity contribution in [3.8, 4) is 0 Å². The topological polar surface area (TPSA) is 120 Å². The van der Waals surface area contributed by atoms with Crippen LogP contribution < -0.4 is 16.2 Å². The van der Waals surface area contributed by atoms with E-state index in [1.165, 1.54) is 16.8 Å². The van der Waals surface area contributed by atoms with E-state index in [0.717, 1.165) is 0 Å². The first-order valence-electron chi connectivity index (χ1n) is 6.23. The molecule has 1 aromatic rings. The number of sulfonamides is 1. The molecule has 7 nitrogen and oxygen atoms in total. The molecule has 0 fully saturated rings. The van der Waals surface area contributed by atoms with Crippen LogP contribution >= 0.6 is 0 Å². The predicted molar refractivity (Wildman–Crippen MR) is 76.5 cm³/mol. The number of hydrogen-bond acceptors (Lipinski definition) is 4. The highest BCUT2D eigenvalue weighted by molar-refractivity contribution is 7.89. The van der Waals surface area contributed by atoms with Gasteiger partial charge in [0.1, 0.15) is 10.6 Å². The number of nitrogens with one attached hydrogen (secondary N) is 1. The van der Waals surface area contributed by atoms with E-state index in [-0.39, 0.29) is 23.1 Å². The average Bonchev–Trinajstić information content (AvgIpc) is 2.71. The first kappa shape index (κ1) is 16.7. The SMILES string of the molecule is CC(C)C(C)(CN)NS(=O)(=O)c1cc(C(N)=O)n(C)c1. The predicted octanol–water partition coefficient (Wildman–Crippen LogP) is -0.224. The van der Waals surface area contributed by atoms with Gasteiger partial charge in [-0.25, -0.2) is 13.1 Å². The van der Waals surface area contributed by atoms with E-state index >= 15 is 0 Å². The summed E-state index contributed by atoms with van der Waals surface area (Å²) in [4.78, 5) is 11.2. The lowest BCUT2D eigenvalue weighted by atomic mass is 9.90. The molecule has 20 heavy (non-hydrogen) atoms. The molecular formula is C12H22N4O3S. The minimum absolute atomic E-state index is 0.00544. The quantitative estimate of drug-likeness (QED) is 0.672. The van der Waals surface area contributed by atoms with Gasteiger partial charge in [0.15, 0.2) is 0 Å². The van der Waals surface area contributed by atoms with Gasteiger partial charge in [0.25, 0.3) is 5.91 Å². The number of primary amides is 1. The zero-order valence-electron chi connectivity index (χ0n) is 12.2. The molecule has 8 heteroatoms. The molecule has 1 unspecified atom stereocenters. The molecule has 0 spiro atoms. The van der Waals surface area contributed by atoms with Crippen molar-refractivity contribution in [2.75, 3.05) is 6.54 Å². The Kier molecular flexibility index (Phi) is 4.62. The molecule has 5 N–H and O–H groups in total. The van der Waals surface area contributed by atoms with Crippen molar-refractivity contribution in [2.45, 2.75) is 31.2 Å². The van der Waals surface area contributed by atoms with Gasteiger partial charge in [-0.1, -0.05) is 13.8 Å². The monoisotopic (exact) mass is 302 g/mol. The molecule has 1 amide bonds. The van der Waals surface area contributed by atoms with E-state index in [2.05, 4.69) is 4.72 Å². The molecule has 1 aromatic heterocycles. The Morgan fingerprint density at radius 1 is 1.50 bits per heavy atom. The maximum atomic E-state index is 12.4. The highest BCUT2D eigenvalue weighted by atomic mass is 32.2. The number of amides is 1. The molecule has 0 aliphatic heterocycles. The molecule has 0 aliphatic rings. The third-order valence-corrected chi connectivity index (χ3v) is 5.19. The van der Waals surface area contributed by atoms with Crippen LogP contribution in [0.4, 0.5) is 0 Å². The number of carbonyl (C=O) groups is 1. The molecule has 1 atom stereocenters. The Morgan fingerprint density at radius 3 is 2.40 bits per heavy atom. The van der Waals surface area contributed by atoms with Gasteiger partial charge in [-0.15, -0.1) is 0 Å². The zero-order valence-corrected chi connectivity index (χ0v) is 13.0. The molecule has 1 heterocycles. The van der Waals surface area contributed by atoms with Gasteiger partial charge in [-0.2, -0.15) is 0 Å². The summed E-state index contributed by atoms with van der Waals surface area (Å²) in [5, 5.41) is 0. The van der Waals surface area contributed by atoms with Gasteiger partial charge in [-0.3, -0.25) is 4.79 Å². The standard InChI is InChI=1S/C12H22N4O3S/c1-8(2)12(3,7-13)15-20(18,19)9-5-10(11(14)17)16(4)6-9/h5-6,8,15H,7,13H2,1-4H3,(H2,14,17). The van der Waals surface area contributed by atoms with Crippen molar-refractivity contribution in [2.24, 2.45) is 24.4 Å². The lowest BCUT2D eigenvalue weighted by Crippen LogP contribution is -2.54. The number of rotatable bonds is 6. The second-order valence-corrected chi connectivity index (χ2v) is 7.10. The van der Waals surface area contributed by atoms with Crippen LogP contribution in [-0.2, 0) is 17.1 Å². The Hall–Kier alpha value is -1.38. The van der Waals surface area contributed by atoms with Crippen molar-refractivity contribution in [1.82, 2.24) is 9.29 Å². The maximum absolute atomic E-state index is 12.4. The number of aromatic nitrogens is 1. The third kappa shape index (κ3) is 3.20. The highest BCUT2D eigenvalue weighted by Gasteiger charge is 2.33. The van der Waals surface area contributed by atoms with Crippen molar-refractivity contribution < 1.29 is 13.2 Å². The summed E-state index contributed by atoms with van der Waals surface area (Å²) in [6.07, 6.45) is 1.35. The summed E-state index contributed by atoms with van der Waals surface area (Å²) in [6, 6.07) is 1.25. The summed E-state index contributed by atoms with van der Waals surface area (Å²) in [7, 11) is -2.21. The van der Waals surface area contributed by atoms with Gasteiger partial charge in [-0.05, 0) is 18.9 Å². The summed E-state index contributed by atoms with van der Waals surface area (Å²) in [6.45, 7) is 5.68. The van der Waals surface area contributed by atoms with E-state index in [9.17, 15) is 13.2 Å². The molecule has 0 saturated carbocycles. The normalized spacial score (nSPS) is 15.3. The Bertz CT molecular complexity index is 606. The fourth-order valence-electron chi connectivity index (χ4n) is 1.69. The number of hydrogen-bond donors (Lipinski definition) is 3. The van der Waals surface area contributed by atoms with Gasteiger partial charge < -0.3 is 16.0 Å². The molecule has 0 bridgehead atoms. The lowest BCUT2D eigenvalue weighted by Gasteiger charge is -2.32. The van der Waals surface area contributed by atoms with Gasteiger partial charge >= 0.3 is 0 Å². The molecule has 0 saturated heterocycles. The first-order chi connectivity index (χ1) is 9.03. The van der Waals surface area contributed by atoms with Crippen molar-refractivity contribution in [3.63, 3.8) is 0 Å². The van der Waals surface area contributed by atoms with Gasteiger partial charge in [0, 0.05) is 25.3 Å². The van der Waals surface area contributed by atoms with Gasteiger partial charge in [0.2, 0.25) is 10.0 Å². The maximum Gasteiger partial charge on any atom is 0.265 e. The van der Waals surface area contributed by atoms with Crippen LogP contribution in [0.3, 0.4) is 0 Å². The fourth-order valence-corrected chi connectivity index (χ4v) is 3.30. The Labute approximate surface area is 119 Å². The minimum Gasteiger partial charge on any atom is -0.364 e. The lowest BCUT2D eigenvalue weighted by molar-refractivity contribution is 0.0992. The number of nitrogens with zero attached hydrogens (tertiary/aromatic N) is 1. The van der Waals surface area contributed by atoms with Crippen LogP contribution in [0.1, 0.15) is 31.3 Å². The fraction of sp³-hybridized carbons (Fsp3) is 0.583. The van der Waals surface area contributed by atoms with Crippen molar-refractivity contribution in [3.05, 3.63) is 18.0 Å². The second-order valence-electron chi connectivity index (χ2n) is 5.42. The molecular weight excluding hydrogens is 280 g/mol. The number of carbonyl (C=O) groups excluding carboxylic acids is 1. The molecule has 0 aromatic carbocycles. The average molecular weight is 302 g/mol. The third-order valence-electron chi connectivity index (χ3n) is 3.61. The largest absolute Gasteiger partial charge is 0.364 e. The van der Waals surface area contributed by atoms with E-state index in [1.54, 1.807) is 14.0 Å². The molecule has 114 valence electrons. The van der Waals surface area contributed by atoms with Gasteiger partial charge in [0.05, 0.1) is 0 Å². The van der Waals surface area contributed by atoms with Crippen LogP contribution in [-0.4, -0.2) is 31.0 Å². The van der Waals surface area contributed by atoms with Crippen LogP contribution in [0.2, 0.25) is 0 Å². The number of nitrogens with two attached hydrogens (primary N) is 2. The Morgan fingerprint density at radius 2 is 2.05 bits per heavy atom. The first-order valence-corrected chi connectivity index (χ1v) is 7.72. The van der Waals surface area contributed by atoms with Crippen molar-refractivity contribution in [1.29, 1.82) is 0 Å². The highest BCUT2D eigenvalue weighted by Crippen LogP contribution is 2.20.